The molecule has 4 rings (SSSR count). The first-order chi connectivity index (χ1) is 11.9. The number of aromatic nitrogens is 3. The highest BCUT2D eigenvalue weighted by Gasteiger charge is 2.32. The molecule has 1 aliphatic heterocycles. The Hall–Kier alpha value is -2.57. The largest absolute Gasteiger partial charge is 0.416 e. The predicted molar refractivity (Wildman–Crippen MR) is 89.3 cm³/mol. The predicted octanol–water partition coefficient (Wildman–Crippen LogP) is 4.33. The number of alkyl halides is 3. The number of halogens is 3. The summed E-state index contributed by atoms with van der Waals surface area (Å²) in [5, 5.41) is 4.98. The SMILES string of the molecule is Cn1cc(C2CCCN2c2ccnc3cc(C(F)(F)F)ccc23)cn1. The van der Waals surface area contributed by atoms with Gasteiger partial charge >= 0.3 is 6.18 Å². The van der Waals surface area contributed by atoms with Crippen LogP contribution in [0.4, 0.5) is 18.9 Å². The van der Waals surface area contributed by atoms with Gasteiger partial charge in [-0.25, -0.2) is 0 Å². The van der Waals surface area contributed by atoms with Gasteiger partial charge in [-0.15, -0.1) is 0 Å². The number of hydrogen-bond acceptors (Lipinski definition) is 3. The van der Waals surface area contributed by atoms with Crippen LogP contribution < -0.4 is 4.90 Å². The maximum absolute atomic E-state index is 13.0. The van der Waals surface area contributed by atoms with Crippen LogP contribution in [0, 0.1) is 0 Å². The number of aryl methyl sites for hydroxylation is 1. The minimum atomic E-state index is -4.36. The first-order valence-electron chi connectivity index (χ1n) is 8.14. The molecule has 1 fully saturated rings. The molecule has 25 heavy (non-hydrogen) atoms. The summed E-state index contributed by atoms with van der Waals surface area (Å²) in [4.78, 5) is 6.39. The van der Waals surface area contributed by atoms with E-state index in [0.29, 0.717) is 5.52 Å². The number of pyridine rings is 1. The van der Waals surface area contributed by atoms with Gasteiger partial charge in [0.05, 0.1) is 23.3 Å². The van der Waals surface area contributed by atoms with Crippen molar-refractivity contribution in [3.63, 3.8) is 0 Å². The van der Waals surface area contributed by atoms with Crippen LogP contribution in [0.1, 0.15) is 30.0 Å². The van der Waals surface area contributed by atoms with Crippen molar-refractivity contribution in [2.45, 2.75) is 25.1 Å². The molecule has 1 unspecified atom stereocenters. The van der Waals surface area contributed by atoms with E-state index in [9.17, 15) is 13.2 Å². The lowest BCUT2D eigenvalue weighted by molar-refractivity contribution is -0.137. The Bertz CT molecular complexity index is 916. The zero-order valence-corrected chi connectivity index (χ0v) is 13.7. The van der Waals surface area contributed by atoms with Crippen molar-refractivity contribution in [3.8, 4) is 0 Å². The van der Waals surface area contributed by atoms with Gasteiger partial charge in [-0.05, 0) is 31.0 Å². The van der Waals surface area contributed by atoms with Gasteiger partial charge in [-0.1, -0.05) is 6.07 Å². The molecular weight excluding hydrogens is 329 g/mol. The summed E-state index contributed by atoms with van der Waals surface area (Å²) in [6.45, 7) is 0.861. The average molecular weight is 346 g/mol. The number of rotatable bonds is 2. The molecule has 1 aliphatic rings. The Labute approximate surface area is 142 Å². The van der Waals surface area contributed by atoms with Gasteiger partial charge in [-0.3, -0.25) is 9.67 Å². The first kappa shape index (κ1) is 15.9. The molecule has 0 spiro atoms. The van der Waals surface area contributed by atoms with Crippen LogP contribution in [-0.2, 0) is 13.2 Å². The summed E-state index contributed by atoms with van der Waals surface area (Å²) in [5.41, 5.74) is 1.74. The highest BCUT2D eigenvalue weighted by atomic mass is 19.4. The van der Waals surface area contributed by atoms with Crippen LogP contribution in [0.25, 0.3) is 10.9 Å². The summed E-state index contributed by atoms with van der Waals surface area (Å²) in [6, 6.07) is 5.83. The lowest BCUT2D eigenvalue weighted by Gasteiger charge is -2.27. The topological polar surface area (TPSA) is 34.0 Å². The quantitative estimate of drug-likeness (QED) is 0.693. The second-order valence-electron chi connectivity index (χ2n) is 6.36. The van der Waals surface area contributed by atoms with Crippen molar-refractivity contribution < 1.29 is 13.2 Å². The number of hydrogen-bond donors (Lipinski definition) is 0. The molecule has 0 aliphatic carbocycles. The minimum Gasteiger partial charge on any atom is -0.364 e. The molecule has 1 saturated heterocycles. The van der Waals surface area contributed by atoms with E-state index < -0.39 is 11.7 Å². The number of nitrogens with zero attached hydrogens (tertiary/aromatic N) is 4. The number of benzene rings is 1. The van der Waals surface area contributed by atoms with Gasteiger partial charge in [0.2, 0.25) is 0 Å². The fourth-order valence-corrected chi connectivity index (χ4v) is 3.57. The van der Waals surface area contributed by atoms with E-state index in [1.165, 1.54) is 6.07 Å². The lowest BCUT2D eigenvalue weighted by Crippen LogP contribution is -2.22. The molecule has 130 valence electrons. The van der Waals surface area contributed by atoms with Crippen LogP contribution in [0.15, 0.2) is 42.9 Å². The van der Waals surface area contributed by atoms with E-state index in [-0.39, 0.29) is 6.04 Å². The minimum absolute atomic E-state index is 0.182. The van der Waals surface area contributed by atoms with Crippen molar-refractivity contribution in [3.05, 3.63) is 54.0 Å². The van der Waals surface area contributed by atoms with Crippen molar-refractivity contribution >= 4 is 16.6 Å². The summed E-state index contributed by atoms with van der Waals surface area (Å²) < 4.78 is 40.6. The van der Waals surface area contributed by atoms with Crippen molar-refractivity contribution in [2.75, 3.05) is 11.4 Å². The Morgan fingerprint density at radius 2 is 2.04 bits per heavy atom. The van der Waals surface area contributed by atoms with E-state index in [1.807, 2.05) is 25.5 Å². The molecule has 0 N–H and O–H groups in total. The van der Waals surface area contributed by atoms with Gasteiger partial charge in [0.15, 0.2) is 0 Å². The standard InChI is InChI=1S/C18H17F3N4/c1-24-11-12(10-23-24)16-3-2-8-25(16)17-6-7-22-15-9-13(18(19,20)21)4-5-14(15)17/h4-7,9-11,16H,2-3,8H2,1H3. The Kier molecular flexibility index (Phi) is 3.67. The number of fused-ring (bicyclic) bond motifs is 1. The molecule has 0 radical (unpaired) electrons. The fraction of sp³-hybridized carbons (Fsp3) is 0.333. The Balaban J connectivity index is 1.78. The fourth-order valence-electron chi connectivity index (χ4n) is 3.57. The molecule has 0 amide bonds. The van der Waals surface area contributed by atoms with Crippen molar-refractivity contribution in [1.82, 2.24) is 14.8 Å². The van der Waals surface area contributed by atoms with Crippen molar-refractivity contribution in [1.29, 1.82) is 0 Å². The van der Waals surface area contributed by atoms with Gasteiger partial charge in [0.25, 0.3) is 0 Å². The third kappa shape index (κ3) is 2.83. The molecule has 0 bridgehead atoms. The second-order valence-corrected chi connectivity index (χ2v) is 6.36. The molecule has 7 heteroatoms. The van der Waals surface area contributed by atoms with Crippen LogP contribution in [0.5, 0.6) is 0 Å². The van der Waals surface area contributed by atoms with E-state index in [4.69, 9.17) is 0 Å². The van der Waals surface area contributed by atoms with E-state index in [0.717, 1.165) is 48.2 Å². The summed E-state index contributed by atoms with van der Waals surface area (Å²) in [7, 11) is 1.88. The Morgan fingerprint density at radius 1 is 1.20 bits per heavy atom. The van der Waals surface area contributed by atoms with Gasteiger partial charge in [-0.2, -0.15) is 18.3 Å². The first-order valence-corrected chi connectivity index (χ1v) is 8.14. The average Bonchev–Trinajstić information content (AvgIpc) is 3.21. The van der Waals surface area contributed by atoms with Crippen LogP contribution in [-0.4, -0.2) is 21.3 Å². The third-order valence-electron chi connectivity index (χ3n) is 4.72. The lowest BCUT2D eigenvalue weighted by atomic mass is 10.1. The zero-order chi connectivity index (χ0) is 17.6. The molecular formula is C18H17F3N4. The van der Waals surface area contributed by atoms with Crippen LogP contribution >= 0.6 is 0 Å². The summed E-state index contributed by atoms with van der Waals surface area (Å²) in [5.74, 6) is 0. The smallest absolute Gasteiger partial charge is 0.364 e. The van der Waals surface area contributed by atoms with Gasteiger partial charge in [0, 0.05) is 42.6 Å². The molecule has 0 saturated carbocycles. The van der Waals surface area contributed by atoms with Gasteiger partial charge in [0.1, 0.15) is 0 Å². The highest BCUT2D eigenvalue weighted by Crippen LogP contribution is 2.40. The maximum Gasteiger partial charge on any atom is 0.416 e. The molecule has 1 atom stereocenters. The number of anilines is 1. The third-order valence-corrected chi connectivity index (χ3v) is 4.72. The highest BCUT2D eigenvalue weighted by molar-refractivity contribution is 5.92. The van der Waals surface area contributed by atoms with Crippen LogP contribution in [0.3, 0.4) is 0 Å². The summed E-state index contributed by atoms with van der Waals surface area (Å²) in [6.07, 6.45) is 3.09. The van der Waals surface area contributed by atoms with E-state index >= 15 is 0 Å². The zero-order valence-electron chi connectivity index (χ0n) is 13.7. The van der Waals surface area contributed by atoms with Crippen LogP contribution in [0.2, 0.25) is 0 Å². The molecule has 1 aromatic carbocycles. The molecule has 4 nitrogen and oxygen atoms in total. The summed E-state index contributed by atoms with van der Waals surface area (Å²) >= 11 is 0. The molecule has 2 aromatic heterocycles. The van der Waals surface area contributed by atoms with E-state index in [2.05, 4.69) is 15.0 Å². The van der Waals surface area contributed by atoms with Gasteiger partial charge < -0.3 is 4.90 Å². The monoisotopic (exact) mass is 346 g/mol. The normalized spacial score (nSPS) is 18.2. The maximum atomic E-state index is 13.0. The van der Waals surface area contributed by atoms with E-state index in [1.54, 1.807) is 10.9 Å². The second kappa shape index (κ2) is 5.75. The molecule has 3 heterocycles. The van der Waals surface area contributed by atoms with Crippen molar-refractivity contribution in [2.24, 2.45) is 7.05 Å². The molecule has 3 aromatic rings. The Morgan fingerprint density at radius 3 is 2.76 bits per heavy atom.